The van der Waals surface area contributed by atoms with E-state index in [1.54, 1.807) is 0 Å². The van der Waals surface area contributed by atoms with E-state index in [1.807, 2.05) is 0 Å². The maximum Gasteiger partial charge on any atom is 0.255 e. The fraction of sp³-hybridized carbons (Fsp3) is 0. The molecule has 0 saturated heterocycles. The Bertz CT molecular complexity index is 632. The Labute approximate surface area is 101 Å². The fourth-order valence-corrected chi connectivity index (χ4v) is 1.47. The van der Waals surface area contributed by atoms with E-state index in [-0.39, 0.29) is 22.5 Å². The summed E-state index contributed by atoms with van der Waals surface area (Å²) in [5, 5.41) is 2.46. The van der Waals surface area contributed by atoms with Crippen LogP contribution < -0.4 is 16.6 Å². The van der Waals surface area contributed by atoms with Crippen molar-refractivity contribution in [1.82, 2.24) is 4.98 Å². The van der Waals surface area contributed by atoms with E-state index < -0.39 is 11.7 Å². The molecular formula is C12H10FN3O2. The first-order valence-electron chi connectivity index (χ1n) is 5.11. The molecule has 2 aromatic rings. The Morgan fingerprint density at radius 1 is 1.28 bits per heavy atom. The fourth-order valence-electron chi connectivity index (χ4n) is 1.47. The monoisotopic (exact) mass is 247 g/mol. The van der Waals surface area contributed by atoms with Gasteiger partial charge in [-0.2, -0.15) is 0 Å². The molecule has 6 heteroatoms. The molecule has 1 amide bonds. The Hall–Kier alpha value is -2.63. The van der Waals surface area contributed by atoms with E-state index in [0.717, 1.165) is 18.2 Å². The first kappa shape index (κ1) is 11.8. The summed E-state index contributed by atoms with van der Waals surface area (Å²) in [5.74, 6) is -1.05. The van der Waals surface area contributed by atoms with Gasteiger partial charge in [0.15, 0.2) is 0 Å². The minimum atomic E-state index is -0.545. The van der Waals surface area contributed by atoms with Crippen molar-refractivity contribution in [1.29, 1.82) is 0 Å². The molecule has 18 heavy (non-hydrogen) atoms. The van der Waals surface area contributed by atoms with Crippen molar-refractivity contribution in [3.63, 3.8) is 0 Å². The number of hydrogen-bond acceptors (Lipinski definition) is 3. The number of halogens is 1. The number of amides is 1. The lowest BCUT2D eigenvalue weighted by molar-refractivity contribution is 0.102. The lowest BCUT2D eigenvalue weighted by Gasteiger charge is -2.06. The summed E-state index contributed by atoms with van der Waals surface area (Å²) in [6.45, 7) is 0. The highest BCUT2D eigenvalue weighted by Crippen LogP contribution is 2.16. The molecule has 92 valence electrons. The Morgan fingerprint density at radius 3 is 2.72 bits per heavy atom. The quantitative estimate of drug-likeness (QED) is 0.700. The third-order valence-electron chi connectivity index (χ3n) is 2.22. The van der Waals surface area contributed by atoms with Gasteiger partial charge in [-0.25, -0.2) is 4.39 Å². The first-order valence-corrected chi connectivity index (χ1v) is 5.11. The third kappa shape index (κ3) is 2.73. The normalized spacial score (nSPS) is 10.1. The number of benzene rings is 1. The van der Waals surface area contributed by atoms with Crippen LogP contribution in [-0.4, -0.2) is 10.9 Å². The van der Waals surface area contributed by atoms with Crippen LogP contribution in [0.4, 0.5) is 15.8 Å². The lowest BCUT2D eigenvalue weighted by atomic mass is 10.2. The van der Waals surface area contributed by atoms with Gasteiger partial charge in [-0.05, 0) is 24.3 Å². The van der Waals surface area contributed by atoms with Crippen molar-refractivity contribution in [2.45, 2.75) is 0 Å². The Morgan fingerprint density at radius 2 is 2.06 bits per heavy atom. The number of aromatic nitrogens is 1. The van der Waals surface area contributed by atoms with Crippen LogP contribution in [0.5, 0.6) is 0 Å². The summed E-state index contributed by atoms with van der Waals surface area (Å²) >= 11 is 0. The molecule has 0 aliphatic rings. The maximum atomic E-state index is 13.1. The van der Waals surface area contributed by atoms with E-state index in [1.165, 1.54) is 18.3 Å². The molecule has 1 aromatic heterocycles. The van der Waals surface area contributed by atoms with Crippen molar-refractivity contribution in [3.8, 4) is 0 Å². The second kappa shape index (κ2) is 4.70. The Balaban J connectivity index is 2.24. The van der Waals surface area contributed by atoms with Gasteiger partial charge in [0.2, 0.25) is 5.56 Å². The van der Waals surface area contributed by atoms with E-state index in [2.05, 4.69) is 10.3 Å². The van der Waals surface area contributed by atoms with Crippen LogP contribution in [0.1, 0.15) is 10.4 Å². The number of nitrogens with one attached hydrogen (secondary N) is 2. The van der Waals surface area contributed by atoms with E-state index in [9.17, 15) is 14.0 Å². The molecular weight excluding hydrogens is 237 g/mol. The van der Waals surface area contributed by atoms with Crippen molar-refractivity contribution < 1.29 is 9.18 Å². The summed E-state index contributed by atoms with van der Waals surface area (Å²) in [7, 11) is 0. The highest BCUT2D eigenvalue weighted by atomic mass is 19.1. The van der Waals surface area contributed by atoms with E-state index in [0.29, 0.717) is 0 Å². The van der Waals surface area contributed by atoms with Crippen molar-refractivity contribution >= 4 is 17.3 Å². The number of nitrogens with two attached hydrogens (primary N) is 1. The number of rotatable bonds is 2. The minimum absolute atomic E-state index is 0.182. The topological polar surface area (TPSA) is 88.0 Å². The molecule has 0 saturated carbocycles. The number of anilines is 2. The van der Waals surface area contributed by atoms with E-state index in [4.69, 9.17) is 5.73 Å². The number of pyridine rings is 1. The van der Waals surface area contributed by atoms with Gasteiger partial charge >= 0.3 is 0 Å². The molecule has 0 radical (unpaired) electrons. The van der Waals surface area contributed by atoms with Crippen molar-refractivity contribution in [2.24, 2.45) is 0 Å². The minimum Gasteiger partial charge on any atom is -0.399 e. The maximum absolute atomic E-state index is 13.1. The number of H-pyrrole nitrogens is 1. The van der Waals surface area contributed by atoms with Crippen LogP contribution in [0.15, 0.2) is 41.3 Å². The van der Waals surface area contributed by atoms with Gasteiger partial charge in [-0.3, -0.25) is 9.59 Å². The predicted octanol–water partition coefficient (Wildman–Crippen LogP) is 1.35. The lowest BCUT2D eigenvalue weighted by Crippen LogP contribution is -2.15. The van der Waals surface area contributed by atoms with Crippen molar-refractivity contribution in [2.75, 3.05) is 11.1 Å². The highest BCUT2D eigenvalue weighted by Gasteiger charge is 2.07. The summed E-state index contributed by atoms with van der Waals surface area (Å²) in [6.07, 6.45) is 1.36. The van der Waals surface area contributed by atoms with E-state index >= 15 is 0 Å². The van der Waals surface area contributed by atoms with Gasteiger partial charge < -0.3 is 16.0 Å². The summed E-state index contributed by atoms with van der Waals surface area (Å²) < 4.78 is 13.1. The molecule has 0 spiro atoms. The molecule has 4 N–H and O–H groups in total. The molecule has 0 bridgehead atoms. The number of carbonyl (C=O) groups excluding carboxylic acids is 1. The van der Waals surface area contributed by atoms with Gasteiger partial charge in [0.05, 0.1) is 0 Å². The summed E-state index contributed by atoms with van der Waals surface area (Å²) in [4.78, 5) is 25.2. The number of carbonyl (C=O) groups is 1. The molecule has 0 aliphatic carbocycles. The molecule has 2 rings (SSSR count). The van der Waals surface area contributed by atoms with Crippen LogP contribution in [0.25, 0.3) is 0 Å². The van der Waals surface area contributed by atoms with Crippen LogP contribution in [-0.2, 0) is 0 Å². The number of aromatic amines is 1. The second-order valence-electron chi connectivity index (χ2n) is 3.67. The second-order valence-corrected chi connectivity index (χ2v) is 3.67. The Kier molecular flexibility index (Phi) is 3.09. The first-order chi connectivity index (χ1) is 8.54. The predicted molar refractivity (Wildman–Crippen MR) is 65.8 cm³/mol. The van der Waals surface area contributed by atoms with Crippen molar-refractivity contribution in [3.05, 3.63) is 58.3 Å². The zero-order valence-electron chi connectivity index (χ0n) is 9.24. The molecule has 5 nitrogen and oxygen atoms in total. The van der Waals surface area contributed by atoms with Gasteiger partial charge in [0, 0.05) is 29.2 Å². The van der Waals surface area contributed by atoms with Gasteiger partial charge in [-0.15, -0.1) is 0 Å². The van der Waals surface area contributed by atoms with Crippen LogP contribution in [0.2, 0.25) is 0 Å². The molecule has 0 aliphatic heterocycles. The highest BCUT2D eigenvalue weighted by molar-refractivity contribution is 6.04. The summed E-state index contributed by atoms with van der Waals surface area (Å²) in [5.41, 5.74) is 5.68. The molecule has 0 unspecified atom stereocenters. The zero-order valence-corrected chi connectivity index (χ0v) is 9.24. The standard InChI is InChI=1S/C12H10FN3O2/c13-8-4-9(14)6-10(5-8)16-12(18)7-1-2-15-11(17)3-7/h1-6H,14H2,(H,15,17)(H,16,18). The van der Waals surface area contributed by atoms with Gasteiger partial charge in [0.1, 0.15) is 5.82 Å². The molecule has 0 fully saturated rings. The molecule has 1 aromatic carbocycles. The van der Waals surface area contributed by atoms with Crippen LogP contribution in [0, 0.1) is 5.82 Å². The molecule has 1 heterocycles. The third-order valence-corrected chi connectivity index (χ3v) is 2.22. The summed E-state index contributed by atoms with van der Waals surface area (Å²) in [6, 6.07) is 6.30. The SMILES string of the molecule is Nc1cc(F)cc(NC(=O)c2cc[nH]c(=O)c2)c1. The molecule has 0 atom stereocenters. The zero-order chi connectivity index (χ0) is 13.1. The number of hydrogen-bond donors (Lipinski definition) is 3. The smallest absolute Gasteiger partial charge is 0.255 e. The average Bonchev–Trinajstić information content (AvgIpc) is 2.27. The van der Waals surface area contributed by atoms with Gasteiger partial charge in [0.25, 0.3) is 5.91 Å². The van der Waals surface area contributed by atoms with Crippen LogP contribution in [0.3, 0.4) is 0 Å². The number of nitrogen functional groups attached to an aromatic ring is 1. The largest absolute Gasteiger partial charge is 0.399 e. The van der Waals surface area contributed by atoms with Crippen LogP contribution >= 0.6 is 0 Å². The van der Waals surface area contributed by atoms with Gasteiger partial charge in [-0.1, -0.05) is 0 Å². The average molecular weight is 247 g/mol.